The van der Waals surface area contributed by atoms with Gasteiger partial charge in [-0.25, -0.2) is 8.42 Å². The topological polar surface area (TPSA) is 86.8 Å². The summed E-state index contributed by atoms with van der Waals surface area (Å²) in [5, 5.41) is 3.02. The first kappa shape index (κ1) is 33.9. The van der Waals surface area contributed by atoms with Crippen molar-refractivity contribution >= 4 is 43.5 Å². The molecule has 45 heavy (non-hydrogen) atoms. The molecule has 236 valence electrons. The summed E-state index contributed by atoms with van der Waals surface area (Å²) in [5.74, 6) is -0.573. The molecule has 0 saturated heterocycles. The first-order chi connectivity index (χ1) is 21.5. The van der Waals surface area contributed by atoms with Gasteiger partial charge in [-0.3, -0.25) is 13.9 Å². The van der Waals surface area contributed by atoms with Crippen LogP contribution in [0.15, 0.2) is 112 Å². The fourth-order valence-electron chi connectivity index (χ4n) is 4.89. The number of halogens is 1. The molecule has 2 amide bonds. The highest BCUT2D eigenvalue weighted by Gasteiger charge is 2.34. The van der Waals surface area contributed by atoms with Gasteiger partial charge in [-0.1, -0.05) is 96.5 Å². The third kappa shape index (κ3) is 9.05. The Balaban J connectivity index is 1.80. The third-order valence-electron chi connectivity index (χ3n) is 7.61. The largest absolute Gasteiger partial charge is 0.354 e. The van der Waals surface area contributed by atoms with Crippen molar-refractivity contribution in [2.24, 2.45) is 5.92 Å². The molecule has 0 aliphatic rings. The normalized spacial score (nSPS) is 12.0. The molecule has 7 nitrogen and oxygen atoms in total. The van der Waals surface area contributed by atoms with Gasteiger partial charge >= 0.3 is 0 Å². The number of carbonyl (C=O) groups excluding carboxylic acids is 2. The predicted molar refractivity (Wildman–Crippen MR) is 183 cm³/mol. The maximum Gasteiger partial charge on any atom is 0.264 e. The first-order valence-electron chi connectivity index (χ1n) is 15.0. The van der Waals surface area contributed by atoms with Gasteiger partial charge in [0.2, 0.25) is 11.8 Å². The molecule has 1 atom stereocenters. The van der Waals surface area contributed by atoms with E-state index in [2.05, 4.69) is 21.2 Å². The van der Waals surface area contributed by atoms with Crippen LogP contribution in [0.2, 0.25) is 0 Å². The van der Waals surface area contributed by atoms with E-state index in [9.17, 15) is 18.0 Å². The Morgan fingerprint density at radius 3 is 2.02 bits per heavy atom. The molecule has 0 aromatic heterocycles. The van der Waals surface area contributed by atoms with Crippen molar-refractivity contribution in [3.63, 3.8) is 0 Å². The summed E-state index contributed by atoms with van der Waals surface area (Å²) in [6, 6.07) is 29.6. The fraction of sp³-hybridized carbons (Fsp3) is 0.278. The minimum atomic E-state index is -4.14. The summed E-state index contributed by atoms with van der Waals surface area (Å²) in [4.78, 5) is 30.0. The average molecular weight is 691 g/mol. The van der Waals surface area contributed by atoms with Gasteiger partial charge < -0.3 is 10.2 Å². The van der Waals surface area contributed by atoms with E-state index in [1.807, 2.05) is 88.4 Å². The Labute approximate surface area is 275 Å². The van der Waals surface area contributed by atoms with Crippen LogP contribution in [0, 0.1) is 19.8 Å². The van der Waals surface area contributed by atoms with E-state index < -0.39 is 28.5 Å². The lowest BCUT2D eigenvalue weighted by molar-refractivity contribution is -0.140. The highest BCUT2D eigenvalue weighted by molar-refractivity contribution is 9.10. The number of nitrogens with one attached hydrogen (secondary N) is 1. The van der Waals surface area contributed by atoms with Crippen molar-refractivity contribution in [3.05, 3.63) is 130 Å². The van der Waals surface area contributed by atoms with Gasteiger partial charge in [0.25, 0.3) is 10.0 Å². The number of aryl methyl sites for hydroxylation is 2. The van der Waals surface area contributed by atoms with Gasteiger partial charge in [0.15, 0.2) is 0 Å². The number of nitrogens with zero attached hydrogens (tertiary/aromatic N) is 2. The second-order valence-electron chi connectivity index (χ2n) is 11.6. The van der Waals surface area contributed by atoms with Crippen LogP contribution < -0.4 is 9.62 Å². The fourth-order valence-corrected chi connectivity index (χ4v) is 6.58. The number of hydrogen-bond acceptors (Lipinski definition) is 4. The number of benzene rings is 4. The number of anilines is 1. The van der Waals surface area contributed by atoms with Gasteiger partial charge in [-0.2, -0.15) is 0 Å². The maximum atomic E-state index is 14.5. The van der Waals surface area contributed by atoms with E-state index in [-0.39, 0.29) is 29.7 Å². The number of amides is 2. The lowest BCUT2D eigenvalue weighted by Gasteiger charge is -2.34. The summed E-state index contributed by atoms with van der Waals surface area (Å²) in [6.45, 7) is 7.94. The highest BCUT2D eigenvalue weighted by Crippen LogP contribution is 2.27. The first-order valence-corrected chi connectivity index (χ1v) is 17.2. The molecule has 0 spiro atoms. The number of hydrogen-bond donors (Lipinski definition) is 1. The Morgan fingerprint density at radius 1 is 0.800 bits per heavy atom. The van der Waals surface area contributed by atoms with Gasteiger partial charge in [0.05, 0.1) is 10.6 Å². The maximum absolute atomic E-state index is 14.5. The number of carbonyl (C=O) groups is 2. The molecule has 0 bridgehead atoms. The second kappa shape index (κ2) is 15.4. The van der Waals surface area contributed by atoms with Crippen LogP contribution in [-0.2, 0) is 32.6 Å². The van der Waals surface area contributed by atoms with Crippen molar-refractivity contribution < 1.29 is 18.0 Å². The van der Waals surface area contributed by atoms with E-state index >= 15 is 0 Å². The lowest BCUT2D eigenvalue weighted by Crippen LogP contribution is -2.53. The predicted octanol–water partition coefficient (Wildman–Crippen LogP) is 6.67. The monoisotopic (exact) mass is 689 g/mol. The van der Waals surface area contributed by atoms with Crippen molar-refractivity contribution in [1.82, 2.24) is 10.2 Å². The van der Waals surface area contributed by atoms with Gasteiger partial charge in [0.1, 0.15) is 12.6 Å². The van der Waals surface area contributed by atoms with Crippen LogP contribution >= 0.6 is 15.9 Å². The second-order valence-corrected chi connectivity index (χ2v) is 14.4. The zero-order valence-electron chi connectivity index (χ0n) is 26.1. The van der Waals surface area contributed by atoms with Gasteiger partial charge in [-0.05, 0) is 78.4 Å². The minimum Gasteiger partial charge on any atom is -0.354 e. The van der Waals surface area contributed by atoms with Crippen LogP contribution in [-0.4, -0.2) is 44.3 Å². The Bertz CT molecular complexity index is 1700. The summed E-state index contributed by atoms with van der Waals surface area (Å²) in [7, 11) is -4.14. The smallest absolute Gasteiger partial charge is 0.264 e. The molecule has 4 rings (SSSR count). The van der Waals surface area contributed by atoms with E-state index in [4.69, 9.17) is 0 Å². The Morgan fingerprint density at radius 2 is 1.42 bits per heavy atom. The SMILES string of the molecule is Cc1ccc(N(CC(=O)N(Cc2ccc(Br)cc2)[C@H](Cc2ccccc2)C(=O)NCC(C)C)S(=O)(=O)c2ccccc2)cc1C. The molecule has 4 aromatic carbocycles. The molecule has 0 heterocycles. The molecule has 0 radical (unpaired) electrons. The summed E-state index contributed by atoms with van der Waals surface area (Å²) in [6.07, 6.45) is 0.266. The average Bonchev–Trinajstić information content (AvgIpc) is 3.03. The zero-order valence-corrected chi connectivity index (χ0v) is 28.5. The summed E-state index contributed by atoms with van der Waals surface area (Å²) < 4.78 is 30.3. The quantitative estimate of drug-likeness (QED) is 0.170. The molecule has 9 heteroatoms. The lowest BCUT2D eigenvalue weighted by atomic mass is 10.0. The standard InChI is InChI=1S/C36H40BrN3O4S/c1-26(2)23-38-36(42)34(22-29-11-7-5-8-12-29)39(24-30-16-18-31(37)19-17-30)35(41)25-40(32-20-15-27(3)28(4)21-32)45(43,44)33-13-9-6-10-14-33/h5-21,26,34H,22-25H2,1-4H3,(H,38,42)/t34-/m1/s1. The minimum absolute atomic E-state index is 0.0750. The van der Waals surface area contributed by atoms with Crippen molar-refractivity contribution in [1.29, 1.82) is 0 Å². The molecular weight excluding hydrogens is 650 g/mol. The Kier molecular flexibility index (Phi) is 11.6. The third-order valence-corrected chi connectivity index (χ3v) is 9.93. The highest BCUT2D eigenvalue weighted by atomic mass is 79.9. The van der Waals surface area contributed by atoms with Gasteiger partial charge in [-0.15, -0.1) is 0 Å². The molecule has 0 aliphatic carbocycles. The molecule has 0 saturated carbocycles. The molecule has 1 N–H and O–H groups in total. The summed E-state index contributed by atoms with van der Waals surface area (Å²) in [5.41, 5.74) is 3.98. The van der Waals surface area contributed by atoms with Crippen LogP contribution in [0.1, 0.15) is 36.1 Å². The van der Waals surface area contributed by atoms with Crippen LogP contribution in [0.3, 0.4) is 0 Å². The van der Waals surface area contributed by atoms with E-state index in [1.54, 1.807) is 30.3 Å². The molecular formula is C36H40BrN3O4S. The summed E-state index contributed by atoms with van der Waals surface area (Å²) >= 11 is 3.47. The molecule has 4 aromatic rings. The van der Waals surface area contributed by atoms with E-state index in [0.29, 0.717) is 12.2 Å². The zero-order chi connectivity index (χ0) is 32.6. The molecule has 0 fully saturated rings. The van der Waals surface area contributed by atoms with Crippen LogP contribution in [0.5, 0.6) is 0 Å². The Hall–Kier alpha value is -3.95. The van der Waals surface area contributed by atoms with Crippen molar-refractivity contribution in [2.75, 3.05) is 17.4 Å². The van der Waals surface area contributed by atoms with Crippen molar-refractivity contribution in [3.8, 4) is 0 Å². The molecule has 0 unspecified atom stereocenters. The van der Waals surface area contributed by atoms with E-state index in [1.165, 1.54) is 17.0 Å². The number of rotatable bonds is 13. The van der Waals surface area contributed by atoms with Crippen LogP contribution in [0.25, 0.3) is 0 Å². The van der Waals surface area contributed by atoms with Crippen LogP contribution in [0.4, 0.5) is 5.69 Å². The number of sulfonamides is 1. The molecule has 0 aliphatic heterocycles. The van der Waals surface area contributed by atoms with Gasteiger partial charge in [0, 0.05) is 24.0 Å². The van der Waals surface area contributed by atoms with E-state index in [0.717, 1.165) is 31.0 Å². The van der Waals surface area contributed by atoms with Crippen molar-refractivity contribution in [2.45, 2.75) is 51.6 Å².